The monoisotopic (exact) mass is 473 g/mol. The molecule has 2 fully saturated rings. The third kappa shape index (κ3) is 4.58. The highest BCUT2D eigenvalue weighted by atomic mass is 16.2. The molecule has 1 aromatic carbocycles. The third-order valence-corrected chi connectivity index (χ3v) is 7.86. The number of aromatic nitrogens is 4. The van der Waals surface area contributed by atoms with Crippen molar-refractivity contribution in [1.29, 1.82) is 0 Å². The van der Waals surface area contributed by atoms with Crippen molar-refractivity contribution in [3.8, 4) is 0 Å². The number of fused-ring (bicyclic) bond motifs is 2. The van der Waals surface area contributed by atoms with Crippen LogP contribution in [0, 0.1) is 0 Å². The van der Waals surface area contributed by atoms with Crippen LogP contribution in [0.25, 0.3) is 11.2 Å². The lowest BCUT2D eigenvalue weighted by Crippen LogP contribution is -2.32. The number of carbonyl (C=O) groups excluding carboxylic acids is 1. The highest BCUT2D eigenvalue weighted by Gasteiger charge is 2.24. The van der Waals surface area contributed by atoms with Gasteiger partial charge in [0.25, 0.3) is 0 Å². The molecule has 0 bridgehead atoms. The SMILES string of the molecule is O=C1CCCN1CCCNc1nc(N2CCc3ccccc3C2)nc2c1ncn2C1CCCCC1. The van der Waals surface area contributed by atoms with Gasteiger partial charge in [0.05, 0.1) is 6.33 Å². The zero-order valence-corrected chi connectivity index (χ0v) is 20.5. The molecule has 1 N–H and O–H groups in total. The van der Waals surface area contributed by atoms with Crippen LogP contribution >= 0.6 is 0 Å². The molecule has 0 unspecified atom stereocenters. The molecule has 0 radical (unpaired) electrons. The number of likely N-dealkylation sites (tertiary alicyclic amines) is 1. The summed E-state index contributed by atoms with van der Waals surface area (Å²) in [4.78, 5) is 31.1. The van der Waals surface area contributed by atoms with Crippen LogP contribution in [0.4, 0.5) is 11.8 Å². The van der Waals surface area contributed by atoms with Crippen LogP contribution in [0.5, 0.6) is 0 Å². The molecular weight excluding hydrogens is 438 g/mol. The maximum absolute atomic E-state index is 11.9. The Kier molecular flexibility index (Phi) is 6.27. The molecule has 0 atom stereocenters. The minimum Gasteiger partial charge on any atom is -0.368 e. The number of imidazole rings is 1. The fraction of sp³-hybridized carbons (Fsp3) is 0.556. The summed E-state index contributed by atoms with van der Waals surface area (Å²) in [6.07, 6.45) is 11.8. The van der Waals surface area contributed by atoms with Gasteiger partial charge in [-0.05, 0) is 43.2 Å². The van der Waals surface area contributed by atoms with Gasteiger partial charge in [-0.25, -0.2) is 4.98 Å². The van der Waals surface area contributed by atoms with E-state index in [1.54, 1.807) is 0 Å². The van der Waals surface area contributed by atoms with Gasteiger partial charge in [0.15, 0.2) is 17.0 Å². The molecule has 3 aromatic rings. The number of hydrogen-bond acceptors (Lipinski definition) is 6. The number of rotatable bonds is 7. The van der Waals surface area contributed by atoms with Gasteiger partial charge in [-0.2, -0.15) is 9.97 Å². The van der Waals surface area contributed by atoms with E-state index >= 15 is 0 Å². The summed E-state index contributed by atoms with van der Waals surface area (Å²) in [5, 5.41) is 3.55. The van der Waals surface area contributed by atoms with Crippen LogP contribution in [-0.2, 0) is 17.8 Å². The second kappa shape index (κ2) is 9.84. The lowest BCUT2D eigenvalue weighted by atomic mass is 9.95. The summed E-state index contributed by atoms with van der Waals surface area (Å²) in [6.45, 7) is 4.19. The molecule has 8 nitrogen and oxygen atoms in total. The van der Waals surface area contributed by atoms with Gasteiger partial charge in [0.2, 0.25) is 11.9 Å². The van der Waals surface area contributed by atoms with Gasteiger partial charge in [-0.1, -0.05) is 43.5 Å². The first-order valence-electron chi connectivity index (χ1n) is 13.3. The standard InChI is InChI=1S/C27H35N7O/c35-23-12-6-15-32(23)16-7-14-28-25-24-26(34(19-29-24)22-10-2-1-3-11-22)31-27(30-25)33-17-13-20-8-4-5-9-21(20)18-33/h4-5,8-9,19,22H,1-3,6-7,10-18H2,(H,28,30,31). The van der Waals surface area contributed by atoms with Gasteiger partial charge >= 0.3 is 0 Å². The smallest absolute Gasteiger partial charge is 0.229 e. The van der Waals surface area contributed by atoms with Gasteiger partial charge in [-0.15, -0.1) is 0 Å². The molecule has 35 heavy (non-hydrogen) atoms. The molecular formula is C27H35N7O. The van der Waals surface area contributed by atoms with E-state index in [0.717, 1.165) is 74.9 Å². The quantitative estimate of drug-likeness (QED) is 0.515. The highest BCUT2D eigenvalue weighted by molar-refractivity contribution is 5.84. The first-order chi connectivity index (χ1) is 17.3. The lowest BCUT2D eigenvalue weighted by Gasteiger charge is -2.29. The molecule has 1 aliphatic carbocycles. The number of benzene rings is 1. The minimum atomic E-state index is 0.285. The number of amides is 1. The Morgan fingerprint density at radius 2 is 1.83 bits per heavy atom. The minimum absolute atomic E-state index is 0.285. The Bertz CT molecular complexity index is 1200. The Morgan fingerprint density at radius 3 is 2.66 bits per heavy atom. The summed E-state index contributed by atoms with van der Waals surface area (Å²) in [7, 11) is 0. The average Bonchev–Trinajstić information content (AvgIpc) is 3.52. The van der Waals surface area contributed by atoms with Gasteiger partial charge in [-0.3, -0.25) is 4.79 Å². The van der Waals surface area contributed by atoms with Crippen LogP contribution in [0.2, 0.25) is 0 Å². The number of hydrogen-bond donors (Lipinski definition) is 1. The second-order valence-electron chi connectivity index (χ2n) is 10.2. The van der Waals surface area contributed by atoms with E-state index in [-0.39, 0.29) is 5.91 Å². The van der Waals surface area contributed by atoms with Crippen molar-refractivity contribution in [2.75, 3.05) is 36.4 Å². The zero-order valence-electron chi connectivity index (χ0n) is 20.5. The molecule has 3 aliphatic rings. The van der Waals surface area contributed by atoms with Crippen molar-refractivity contribution in [2.45, 2.75) is 70.4 Å². The molecule has 184 valence electrons. The van der Waals surface area contributed by atoms with Gasteiger partial charge < -0.3 is 19.7 Å². The summed E-state index contributed by atoms with van der Waals surface area (Å²) in [6, 6.07) is 9.14. The number of carbonyl (C=O) groups is 1. The molecule has 1 saturated carbocycles. The van der Waals surface area contributed by atoms with Crippen LogP contribution in [-0.4, -0.2) is 56.5 Å². The molecule has 6 rings (SSSR count). The number of nitrogens with zero attached hydrogens (tertiary/aromatic N) is 6. The molecule has 2 aromatic heterocycles. The molecule has 1 amide bonds. The molecule has 8 heteroatoms. The Morgan fingerprint density at radius 1 is 0.971 bits per heavy atom. The van der Waals surface area contributed by atoms with E-state index < -0.39 is 0 Å². The number of nitrogens with one attached hydrogen (secondary N) is 1. The molecule has 4 heterocycles. The van der Waals surface area contributed by atoms with Crippen molar-refractivity contribution in [3.63, 3.8) is 0 Å². The van der Waals surface area contributed by atoms with Crippen LogP contribution in [0.3, 0.4) is 0 Å². The second-order valence-corrected chi connectivity index (χ2v) is 10.2. The molecule has 2 aliphatic heterocycles. The summed E-state index contributed by atoms with van der Waals surface area (Å²) in [5.41, 5.74) is 4.58. The predicted molar refractivity (Wildman–Crippen MR) is 138 cm³/mol. The summed E-state index contributed by atoms with van der Waals surface area (Å²) >= 11 is 0. The Balaban J connectivity index is 1.27. The average molecular weight is 474 g/mol. The van der Waals surface area contributed by atoms with E-state index in [1.807, 2.05) is 11.2 Å². The van der Waals surface area contributed by atoms with Crippen molar-refractivity contribution in [2.24, 2.45) is 0 Å². The molecule has 0 spiro atoms. The maximum atomic E-state index is 11.9. The van der Waals surface area contributed by atoms with Crippen molar-refractivity contribution < 1.29 is 4.79 Å². The summed E-state index contributed by atoms with van der Waals surface area (Å²) in [5.74, 6) is 1.88. The first-order valence-corrected chi connectivity index (χ1v) is 13.3. The number of anilines is 2. The van der Waals surface area contributed by atoms with Crippen LogP contribution in [0.1, 0.15) is 68.5 Å². The topological polar surface area (TPSA) is 79.2 Å². The van der Waals surface area contributed by atoms with Gasteiger partial charge in [0.1, 0.15) is 0 Å². The largest absolute Gasteiger partial charge is 0.368 e. The van der Waals surface area contributed by atoms with Crippen molar-refractivity contribution in [1.82, 2.24) is 24.4 Å². The Hall–Kier alpha value is -3.16. The van der Waals surface area contributed by atoms with Crippen molar-refractivity contribution >= 4 is 28.8 Å². The fourth-order valence-corrected chi connectivity index (χ4v) is 5.88. The predicted octanol–water partition coefficient (Wildman–Crippen LogP) is 4.32. The maximum Gasteiger partial charge on any atom is 0.229 e. The van der Waals surface area contributed by atoms with Crippen LogP contribution < -0.4 is 10.2 Å². The lowest BCUT2D eigenvalue weighted by molar-refractivity contribution is -0.127. The van der Waals surface area contributed by atoms with E-state index in [9.17, 15) is 4.79 Å². The summed E-state index contributed by atoms with van der Waals surface area (Å²) < 4.78 is 2.30. The highest BCUT2D eigenvalue weighted by Crippen LogP contribution is 2.33. The zero-order chi connectivity index (χ0) is 23.6. The van der Waals surface area contributed by atoms with E-state index in [1.165, 1.54) is 43.2 Å². The normalized spacial score (nSPS) is 18.9. The van der Waals surface area contributed by atoms with E-state index in [0.29, 0.717) is 12.5 Å². The van der Waals surface area contributed by atoms with Gasteiger partial charge in [0, 0.05) is 45.2 Å². The Labute approximate surface area is 206 Å². The van der Waals surface area contributed by atoms with E-state index in [4.69, 9.17) is 15.0 Å². The van der Waals surface area contributed by atoms with E-state index in [2.05, 4.69) is 39.0 Å². The molecule has 1 saturated heterocycles. The third-order valence-electron chi connectivity index (χ3n) is 7.86. The first kappa shape index (κ1) is 22.3. The van der Waals surface area contributed by atoms with Crippen molar-refractivity contribution in [3.05, 3.63) is 41.7 Å². The van der Waals surface area contributed by atoms with Crippen LogP contribution in [0.15, 0.2) is 30.6 Å². The fourth-order valence-electron chi connectivity index (χ4n) is 5.88.